The average Bonchev–Trinajstić information content (AvgIpc) is 2.77. The summed E-state index contributed by atoms with van der Waals surface area (Å²) in [6.45, 7) is -1.20. The predicted octanol–water partition coefficient (Wildman–Crippen LogP) is 4.07. The number of hydrogen-bond donors (Lipinski definition) is 1. The van der Waals surface area contributed by atoms with Crippen LogP contribution in [0.5, 0.6) is 0 Å². The summed E-state index contributed by atoms with van der Waals surface area (Å²) in [4.78, 5) is 12.0. The largest absolute Gasteiger partial charge is 0.406 e. The molecule has 20 heavy (non-hydrogen) atoms. The molecule has 0 saturated heterocycles. The van der Waals surface area contributed by atoms with E-state index in [1.54, 1.807) is 24.3 Å². The number of para-hydroxylation sites is 1. The van der Waals surface area contributed by atoms with E-state index < -0.39 is 18.6 Å². The average molecular weight is 347 g/mol. The Morgan fingerprint density at radius 1 is 1.20 bits per heavy atom. The summed E-state index contributed by atoms with van der Waals surface area (Å²) in [6, 6.07) is 9.61. The van der Waals surface area contributed by atoms with Crippen LogP contribution in [0.15, 0.2) is 47.1 Å². The zero-order valence-corrected chi connectivity index (χ0v) is 11.7. The van der Waals surface area contributed by atoms with Crippen LogP contribution in [0.25, 0.3) is 0 Å². The topological polar surface area (TPSA) is 34.0 Å². The number of nitrogens with one attached hydrogen (secondary N) is 1. The number of carbonyl (C=O) groups is 1. The van der Waals surface area contributed by atoms with Gasteiger partial charge in [0.25, 0.3) is 5.91 Å². The van der Waals surface area contributed by atoms with Gasteiger partial charge in [0.1, 0.15) is 12.2 Å². The molecule has 1 N–H and O–H groups in total. The molecule has 0 aliphatic rings. The van der Waals surface area contributed by atoms with Crippen LogP contribution in [-0.2, 0) is 6.54 Å². The summed E-state index contributed by atoms with van der Waals surface area (Å²) < 4.78 is 38.7. The lowest BCUT2D eigenvalue weighted by atomic mass is 10.3. The number of anilines is 1. The second-order valence-electron chi connectivity index (χ2n) is 4.07. The van der Waals surface area contributed by atoms with E-state index in [0.29, 0.717) is 10.2 Å². The van der Waals surface area contributed by atoms with Crippen LogP contribution in [0.1, 0.15) is 10.5 Å². The lowest BCUT2D eigenvalue weighted by Gasteiger charge is -2.12. The molecule has 1 heterocycles. The van der Waals surface area contributed by atoms with Gasteiger partial charge < -0.3 is 9.88 Å². The van der Waals surface area contributed by atoms with Gasteiger partial charge in [-0.05, 0) is 40.2 Å². The highest BCUT2D eigenvalue weighted by molar-refractivity contribution is 9.10. The fourth-order valence-corrected chi connectivity index (χ4v) is 2.08. The lowest BCUT2D eigenvalue weighted by Crippen LogP contribution is -2.23. The van der Waals surface area contributed by atoms with Crippen molar-refractivity contribution in [3.05, 3.63) is 52.8 Å². The standard InChI is InChI=1S/C13H10BrF3N2O/c14-9-4-1-2-5-10(9)18-12(20)11-6-3-7-19(11)8-13(15,16)17/h1-7H,8H2,(H,18,20). The number of halogens is 4. The Balaban J connectivity index is 2.19. The maximum Gasteiger partial charge on any atom is 0.406 e. The van der Waals surface area contributed by atoms with Crippen LogP contribution in [0.4, 0.5) is 18.9 Å². The van der Waals surface area contributed by atoms with Gasteiger partial charge in [-0.25, -0.2) is 0 Å². The van der Waals surface area contributed by atoms with Crippen LogP contribution in [0, 0.1) is 0 Å². The second kappa shape index (κ2) is 5.70. The van der Waals surface area contributed by atoms with Gasteiger partial charge in [-0.3, -0.25) is 4.79 Å². The smallest absolute Gasteiger partial charge is 0.334 e. The van der Waals surface area contributed by atoms with Gasteiger partial charge in [-0.15, -0.1) is 0 Å². The number of amides is 1. The third-order valence-corrected chi connectivity index (χ3v) is 3.23. The minimum atomic E-state index is -4.37. The van der Waals surface area contributed by atoms with Crippen molar-refractivity contribution in [2.45, 2.75) is 12.7 Å². The number of nitrogens with zero attached hydrogens (tertiary/aromatic N) is 1. The molecule has 1 amide bonds. The van der Waals surface area contributed by atoms with Crippen molar-refractivity contribution in [3.63, 3.8) is 0 Å². The maximum atomic E-state index is 12.4. The van der Waals surface area contributed by atoms with Crippen molar-refractivity contribution in [2.75, 3.05) is 5.32 Å². The van der Waals surface area contributed by atoms with Crippen LogP contribution < -0.4 is 5.32 Å². The Morgan fingerprint density at radius 3 is 2.55 bits per heavy atom. The van der Waals surface area contributed by atoms with Gasteiger partial charge in [0, 0.05) is 10.7 Å². The van der Waals surface area contributed by atoms with Gasteiger partial charge in [0.15, 0.2) is 0 Å². The molecule has 0 bridgehead atoms. The van der Waals surface area contributed by atoms with E-state index in [4.69, 9.17) is 0 Å². The van der Waals surface area contributed by atoms with Crippen molar-refractivity contribution >= 4 is 27.5 Å². The molecule has 0 spiro atoms. The van der Waals surface area contributed by atoms with Gasteiger partial charge in [-0.2, -0.15) is 13.2 Å². The van der Waals surface area contributed by atoms with E-state index in [1.165, 1.54) is 18.3 Å². The number of hydrogen-bond acceptors (Lipinski definition) is 1. The first-order chi connectivity index (χ1) is 9.37. The molecule has 3 nitrogen and oxygen atoms in total. The fraction of sp³-hybridized carbons (Fsp3) is 0.154. The number of benzene rings is 1. The van der Waals surface area contributed by atoms with E-state index in [-0.39, 0.29) is 5.69 Å². The first-order valence-electron chi connectivity index (χ1n) is 5.64. The molecule has 0 fully saturated rings. The van der Waals surface area contributed by atoms with Crippen LogP contribution in [-0.4, -0.2) is 16.7 Å². The first-order valence-corrected chi connectivity index (χ1v) is 6.44. The van der Waals surface area contributed by atoms with E-state index in [1.807, 2.05) is 0 Å². The van der Waals surface area contributed by atoms with Crippen molar-refractivity contribution < 1.29 is 18.0 Å². The third-order valence-electron chi connectivity index (χ3n) is 2.53. The molecule has 0 aliphatic carbocycles. The summed E-state index contributed by atoms with van der Waals surface area (Å²) in [5.74, 6) is -0.592. The molecule has 2 aromatic rings. The Hall–Kier alpha value is -1.76. The molecule has 0 atom stereocenters. The monoisotopic (exact) mass is 346 g/mol. The van der Waals surface area contributed by atoms with Crippen molar-refractivity contribution in [1.29, 1.82) is 0 Å². The first kappa shape index (κ1) is 14.6. The number of aromatic nitrogens is 1. The lowest BCUT2D eigenvalue weighted by molar-refractivity contribution is -0.140. The molecule has 0 unspecified atom stereocenters. The molecule has 106 valence electrons. The van der Waals surface area contributed by atoms with Gasteiger partial charge in [0.05, 0.1) is 5.69 Å². The minimum Gasteiger partial charge on any atom is -0.334 e. The van der Waals surface area contributed by atoms with E-state index in [9.17, 15) is 18.0 Å². The maximum absolute atomic E-state index is 12.4. The second-order valence-corrected chi connectivity index (χ2v) is 4.92. The molecule has 2 rings (SSSR count). The zero-order valence-electron chi connectivity index (χ0n) is 10.1. The number of carbonyl (C=O) groups excluding carboxylic acids is 1. The van der Waals surface area contributed by atoms with Crippen LogP contribution in [0.2, 0.25) is 0 Å². The minimum absolute atomic E-state index is 0.0434. The Kier molecular flexibility index (Phi) is 4.17. The van der Waals surface area contributed by atoms with E-state index in [0.717, 1.165) is 4.57 Å². The number of rotatable bonds is 3. The summed E-state index contributed by atoms with van der Waals surface area (Å²) in [5.41, 5.74) is 0.454. The highest BCUT2D eigenvalue weighted by Gasteiger charge is 2.29. The summed E-state index contributed by atoms with van der Waals surface area (Å²) in [6.07, 6.45) is -3.15. The molecule has 0 aliphatic heterocycles. The van der Waals surface area contributed by atoms with Crippen molar-refractivity contribution in [2.24, 2.45) is 0 Å². The van der Waals surface area contributed by atoms with Gasteiger partial charge in [0.2, 0.25) is 0 Å². The molecular weight excluding hydrogens is 337 g/mol. The van der Waals surface area contributed by atoms with Crippen molar-refractivity contribution in [3.8, 4) is 0 Å². The molecular formula is C13H10BrF3N2O. The molecule has 0 saturated carbocycles. The Morgan fingerprint density at radius 2 is 1.90 bits per heavy atom. The van der Waals surface area contributed by atoms with Gasteiger partial charge in [-0.1, -0.05) is 12.1 Å². The number of alkyl halides is 3. The summed E-state index contributed by atoms with van der Waals surface area (Å²) in [7, 11) is 0. The molecule has 0 radical (unpaired) electrons. The predicted molar refractivity (Wildman–Crippen MR) is 72.6 cm³/mol. The normalized spacial score (nSPS) is 11.4. The summed E-state index contributed by atoms with van der Waals surface area (Å²) in [5, 5.41) is 2.56. The third kappa shape index (κ3) is 3.63. The van der Waals surface area contributed by atoms with E-state index in [2.05, 4.69) is 21.2 Å². The van der Waals surface area contributed by atoms with Gasteiger partial charge >= 0.3 is 6.18 Å². The Labute approximate surface area is 121 Å². The van der Waals surface area contributed by atoms with Crippen molar-refractivity contribution in [1.82, 2.24) is 4.57 Å². The zero-order chi connectivity index (χ0) is 14.8. The van der Waals surface area contributed by atoms with Crippen LogP contribution >= 0.6 is 15.9 Å². The highest BCUT2D eigenvalue weighted by Crippen LogP contribution is 2.23. The SMILES string of the molecule is O=C(Nc1ccccc1Br)c1cccn1CC(F)(F)F. The molecule has 1 aromatic heterocycles. The summed E-state index contributed by atoms with van der Waals surface area (Å²) >= 11 is 3.25. The quantitative estimate of drug-likeness (QED) is 0.893. The van der Waals surface area contributed by atoms with E-state index >= 15 is 0 Å². The Bertz CT molecular complexity index is 622. The molecule has 1 aromatic carbocycles. The van der Waals surface area contributed by atoms with Crippen LogP contribution in [0.3, 0.4) is 0 Å². The fourth-order valence-electron chi connectivity index (χ4n) is 1.70. The highest BCUT2D eigenvalue weighted by atomic mass is 79.9. The molecule has 7 heteroatoms.